The fourth-order valence-electron chi connectivity index (χ4n) is 2.83. The molecule has 7 nitrogen and oxygen atoms in total. The normalized spacial score (nSPS) is 18.5. The highest BCUT2D eigenvalue weighted by Gasteiger charge is 2.27. The van der Waals surface area contributed by atoms with Crippen LogP contribution in [0.1, 0.15) is 34.9 Å². The zero-order valence-electron chi connectivity index (χ0n) is 12.8. The third-order valence-electron chi connectivity index (χ3n) is 4.04. The number of aromatic nitrogens is 4. The molecule has 1 amide bonds. The van der Waals surface area contributed by atoms with Crippen LogP contribution in [0, 0.1) is 0 Å². The van der Waals surface area contributed by atoms with E-state index in [2.05, 4.69) is 10.2 Å². The van der Waals surface area contributed by atoms with Gasteiger partial charge in [-0.1, -0.05) is 0 Å². The molecule has 0 spiro atoms. The number of carbonyl (C=O) groups excluding carboxylic acids is 1. The summed E-state index contributed by atoms with van der Waals surface area (Å²) in [5, 5.41) is 8.49. The third kappa shape index (κ3) is 2.79. The van der Waals surface area contributed by atoms with Crippen LogP contribution in [0.15, 0.2) is 29.2 Å². The molecule has 1 aliphatic rings. The van der Waals surface area contributed by atoms with E-state index in [1.54, 1.807) is 16.6 Å². The number of nitrogens with zero attached hydrogens (tertiary/aromatic N) is 5. The highest BCUT2D eigenvalue weighted by atomic mass is 16.2. The predicted octanol–water partition coefficient (Wildman–Crippen LogP) is 0.534. The molecule has 0 radical (unpaired) electrons. The Hall–Kier alpha value is -2.44. The molecule has 2 aromatic rings. The lowest BCUT2D eigenvalue weighted by Crippen LogP contribution is -2.40. The Morgan fingerprint density at radius 3 is 2.73 bits per heavy atom. The molecule has 0 aliphatic carbocycles. The number of carbonyl (C=O) groups is 1. The van der Waals surface area contributed by atoms with Gasteiger partial charge in [-0.15, -0.1) is 0 Å². The minimum atomic E-state index is -0.221. The molecule has 2 aromatic heterocycles. The summed E-state index contributed by atoms with van der Waals surface area (Å²) < 4.78 is 2.97. The highest BCUT2D eigenvalue weighted by Crippen LogP contribution is 2.26. The molecule has 3 heterocycles. The molecule has 0 N–H and O–H groups in total. The highest BCUT2D eigenvalue weighted by molar-refractivity contribution is 5.92. The summed E-state index contributed by atoms with van der Waals surface area (Å²) in [5.41, 5.74) is 1.11. The predicted molar refractivity (Wildman–Crippen MR) is 80.6 cm³/mol. The summed E-state index contributed by atoms with van der Waals surface area (Å²) in [6.45, 7) is 1.35. The van der Waals surface area contributed by atoms with Gasteiger partial charge in [0.25, 0.3) is 11.5 Å². The van der Waals surface area contributed by atoms with Crippen LogP contribution in [0.3, 0.4) is 0 Å². The van der Waals surface area contributed by atoms with E-state index in [1.165, 1.54) is 16.8 Å². The van der Waals surface area contributed by atoms with Crippen LogP contribution in [-0.2, 0) is 14.1 Å². The smallest absolute Gasteiger partial charge is 0.274 e. The van der Waals surface area contributed by atoms with Gasteiger partial charge in [-0.3, -0.25) is 14.3 Å². The maximum atomic E-state index is 12.6. The molecule has 0 bridgehead atoms. The average Bonchev–Trinajstić information content (AvgIpc) is 2.96. The number of rotatable bonds is 2. The second-order valence-corrected chi connectivity index (χ2v) is 5.69. The Morgan fingerprint density at radius 1 is 1.23 bits per heavy atom. The minimum Gasteiger partial charge on any atom is -0.337 e. The van der Waals surface area contributed by atoms with E-state index in [4.69, 9.17) is 0 Å². The van der Waals surface area contributed by atoms with Crippen LogP contribution in [0.5, 0.6) is 0 Å². The van der Waals surface area contributed by atoms with Crippen LogP contribution >= 0.6 is 0 Å². The van der Waals surface area contributed by atoms with E-state index in [9.17, 15) is 9.59 Å². The average molecular weight is 301 g/mol. The summed E-state index contributed by atoms with van der Waals surface area (Å²) >= 11 is 0. The SMILES string of the molecule is Cn1ccc(C2CCCN(C(=O)c3ccc(=O)n(C)n3)C2)n1. The lowest BCUT2D eigenvalue weighted by atomic mass is 9.95. The summed E-state index contributed by atoms with van der Waals surface area (Å²) in [5.74, 6) is 0.127. The van der Waals surface area contributed by atoms with Crippen molar-refractivity contribution < 1.29 is 4.79 Å². The van der Waals surface area contributed by atoms with Gasteiger partial charge in [-0.05, 0) is 25.0 Å². The number of aryl methyl sites for hydroxylation is 2. The number of hydrogen-bond acceptors (Lipinski definition) is 4. The summed E-state index contributed by atoms with van der Waals surface area (Å²) in [6.07, 6.45) is 3.89. The van der Waals surface area contributed by atoms with E-state index < -0.39 is 0 Å². The number of hydrogen-bond donors (Lipinski definition) is 0. The Balaban J connectivity index is 1.77. The molecule has 3 rings (SSSR count). The van der Waals surface area contributed by atoms with Gasteiger partial charge in [0.15, 0.2) is 0 Å². The summed E-state index contributed by atoms with van der Waals surface area (Å²) in [7, 11) is 3.44. The molecule has 1 atom stereocenters. The van der Waals surface area contributed by atoms with Crippen molar-refractivity contribution in [3.63, 3.8) is 0 Å². The fraction of sp³-hybridized carbons (Fsp3) is 0.467. The van der Waals surface area contributed by atoms with Crippen LogP contribution in [0.2, 0.25) is 0 Å². The standard InChI is InChI=1S/C15H19N5O2/c1-18-9-7-12(16-18)11-4-3-8-20(10-11)15(22)13-5-6-14(21)19(2)17-13/h5-7,9,11H,3-4,8,10H2,1-2H3. The maximum absolute atomic E-state index is 12.6. The van der Waals surface area contributed by atoms with Crippen molar-refractivity contribution in [2.75, 3.05) is 13.1 Å². The summed E-state index contributed by atoms with van der Waals surface area (Å²) in [6, 6.07) is 4.87. The van der Waals surface area contributed by atoms with Crippen LogP contribution in [0.4, 0.5) is 0 Å². The second kappa shape index (κ2) is 5.75. The first kappa shape index (κ1) is 14.5. The molecule has 0 saturated carbocycles. The van der Waals surface area contributed by atoms with Gasteiger partial charge in [-0.2, -0.15) is 10.2 Å². The van der Waals surface area contributed by atoms with Crippen molar-refractivity contribution in [2.45, 2.75) is 18.8 Å². The van der Waals surface area contributed by atoms with Crippen molar-refractivity contribution >= 4 is 5.91 Å². The van der Waals surface area contributed by atoms with Crippen molar-refractivity contribution in [1.29, 1.82) is 0 Å². The zero-order chi connectivity index (χ0) is 15.7. The van der Waals surface area contributed by atoms with Gasteiger partial charge in [0, 0.05) is 45.4 Å². The van der Waals surface area contributed by atoms with Gasteiger partial charge in [0.2, 0.25) is 0 Å². The summed E-state index contributed by atoms with van der Waals surface area (Å²) in [4.78, 5) is 25.7. The lowest BCUT2D eigenvalue weighted by Gasteiger charge is -2.31. The Labute approximate surface area is 128 Å². The molecular formula is C15H19N5O2. The first-order valence-corrected chi connectivity index (χ1v) is 7.38. The number of piperidine rings is 1. The zero-order valence-corrected chi connectivity index (χ0v) is 12.8. The molecule has 0 aromatic carbocycles. The van der Waals surface area contributed by atoms with Gasteiger partial charge in [0.1, 0.15) is 5.69 Å². The first-order valence-electron chi connectivity index (χ1n) is 7.38. The molecule has 1 aliphatic heterocycles. The van der Waals surface area contributed by atoms with E-state index in [-0.39, 0.29) is 17.4 Å². The van der Waals surface area contributed by atoms with Crippen LogP contribution in [-0.4, -0.2) is 43.5 Å². The molecule has 1 saturated heterocycles. The Bertz CT molecular complexity index is 748. The first-order chi connectivity index (χ1) is 10.5. The van der Waals surface area contributed by atoms with Gasteiger partial charge in [0.05, 0.1) is 5.69 Å². The number of amides is 1. The van der Waals surface area contributed by atoms with Crippen molar-refractivity contribution in [2.24, 2.45) is 14.1 Å². The second-order valence-electron chi connectivity index (χ2n) is 5.69. The third-order valence-corrected chi connectivity index (χ3v) is 4.04. The molecular weight excluding hydrogens is 282 g/mol. The molecule has 1 unspecified atom stereocenters. The van der Waals surface area contributed by atoms with Crippen LogP contribution < -0.4 is 5.56 Å². The largest absolute Gasteiger partial charge is 0.337 e. The maximum Gasteiger partial charge on any atom is 0.274 e. The topological polar surface area (TPSA) is 73.0 Å². The van der Waals surface area contributed by atoms with E-state index in [0.29, 0.717) is 18.8 Å². The molecule has 116 valence electrons. The Morgan fingerprint density at radius 2 is 2.05 bits per heavy atom. The van der Waals surface area contributed by atoms with E-state index >= 15 is 0 Å². The van der Waals surface area contributed by atoms with Crippen molar-refractivity contribution in [1.82, 2.24) is 24.5 Å². The molecule has 1 fully saturated rings. The van der Waals surface area contributed by atoms with Gasteiger partial charge >= 0.3 is 0 Å². The molecule has 22 heavy (non-hydrogen) atoms. The number of likely N-dealkylation sites (tertiary alicyclic amines) is 1. The quantitative estimate of drug-likeness (QED) is 0.811. The minimum absolute atomic E-state index is 0.128. The fourth-order valence-corrected chi connectivity index (χ4v) is 2.83. The van der Waals surface area contributed by atoms with E-state index in [0.717, 1.165) is 18.5 Å². The van der Waals surface area contributed by atoms with E-state index in [1.807, 2.05) is 19.3 Å². The Kier molecular flexibility index (Phi) is 3.79. The molecule has 7 heteroatoms. The lowest BCUT2D eigenvalue weighted by molar-refractivity contribution is 0.0697. The van der Waals surface area contributed by atoms with Crippen molar-refractivity contribution in [3.05, 3.63) is 46.1 Å². The van der Waals surface area contributed by atoms with Gasteiger partial charge < -0.3 is 4.90 Å². The van der Waals surface area contributed by atoms with Crippen LogP contribution in [0.25, 0.3) is 0 Å². The van der Waals surface area contributed by atoms with Gasteiger partial charge in [-0.25, -0.2) is 4.68 Å². The van der Waals surface area contributed by atoms with Crippen molar-refractivity contribution in [3.8, 4) is 0 Å². The monoisotopic (exact) mass is 301 g/mol.